The van der Waals surface area contributed by atoms with E-state index < -0.39 is 18.3 Å². The van der Waals surface area contributed by atoms with Gasteiger partial charge in [-0.1, -0.05) is 60.7 Å². The van der Waals surface area contributed by atoms with Crippen molar-refractivity contribution in [3.8, 4) is 0 Å². The highest BCUT2D eigenvalue weighted by atomic mass is 16.7. The highest BCUT2D eigenvalue weighted by Gasteiger charge is 2.54. The third-order valence-electron chi connectivity index (χ3n) is 5.33. The van der Waals surface area contributed by atoms with E-state index in [4.69, 9.17) is 9.31 Å². The Balaban J connectivity index is 1.88. The van der Waals surface area contributed by atoms with Crippen LogP contribution in [0.25, 0.3) is 0 Å². The van der Waals surface area contributed by atoms with Crippen LogP contribution in [0.5, 0.6) is 0 Å². The van der Waals surface area contributed by atoms with Gasteiger partial charge in [0.25, 0.3) is 0 Å². The summed E-state index contributed by atoms with van der Waals surface area (Å²) in [5.74, 6) is -0.0425. The molecule has 0 radical (unpaired) electrons. The summed E-state index contributed by atoms with van der Waals surface area (Å²) in [7, 11) is -0.444. The normalized spacial score (nSPS) is 19.6. The molecule has 0 amide bonds. The van der Waals surface area contributed by atoms with Gasteiger partial charge in [-0.15, -0.1) is 0 Å². The van der Waals surface area contributed by atoms with E-state index in [1.54, 1.807) is 0 Å². The van der Waals surface area contributed by atoms with Crippen LogP contribution >= 0.6 is 0 Å². The molecule has 1 atom stereocenters. The summed E-state index contributed by atoms with van der Waals surface area (Å²) in [5, 5.41) is 0. The van der Waals surface area contributed by atoms with Crippen LogP contribution in [0.15, 0.2) is 60.7 Å². The number of hydrogen-bond donors (Lipinski definition) is 0. The second-order valence-corrected chi connectivity index (χ2v) is 7.64. The summed E-state index contributed by atoms with van der Waals surface area (Å²) in [5.41, 5.74) is 0.950. The summed E-state index contributed by atoms with van der Waals surface area (Å²) in [6.45, 7) is 8.14. The van der Waals surface area contributed by atoms with Gasteiger partial charge in [0.1, 0.15) is 0 Å². The van der Waals surface area contributed by atoms with Crippen LogP contribution in [0.1, 0.15) is 55.9 Å². The van der Waals surface area contributed by atoms with Crippen molar-refractivity contribution in [3.63, 3.8) is 0 Å². The molecule has 0 bridgehead atoms. The molecule has 0 N–H and O–H groups in total. The van der Waals surface area contributed by atoms with Gasteiger partial charge in [0, 0.05) is 17.8 Å². The largest absolute Gasteiger partial charge is 0.466 e. The topological polar surface area (TPSA) is 35.5 Å². The third-order valence-corrected chi connectivity index (χ3v) is 5.33. The van der Waals surface area contributed by atoms with E-state index in [0.29, 0.717) is 6.42 Å². The molecular weight excluding hydrogens is 311 g/mol. The predicted molar refractivity (Wildman–Crippen MR) is 101 cm³/mol. The van der Waals surface area contributed by atoms with Crippen LogP contribution < -0.4 is 0 Å². The number of benzene rings is 2. The number of Topliss-reactive ketones (excluding diaryl/α,β-unsaturated/α-hetero) is 1. The van der Waals surface area contributed by atoms with E-state index in [0.717, 1.165) is 11.1 Å². The lowest BCUT2D eigenvalue weighted by molar-refractivity contribution is 0.00578. The standard InChI is InChI=1S/C21H25BO3/c1-20(2)21(3,4)25-22(24-20)18(16-11-7-5-8-12-16)15-19(23)17-13-9-6-10-14-17/h5-14,18H,15H2,1-4H3/t18-/m0/s1. The quantitative estimate of drug-likeness (QED) is 0.588. The minimum atomic E-state index is -0.444. The zero-order chi connectivity index (χ0) is 18.1. The predicted octanol–water partition coefficient (Wildman–Crippen LogP) is 4.67. The van der Waals surface area contributed by atoms with Crippen molar-refractivity contribution in [2.45, 2.75) is 51.1 Å². The van der Waals surface area contributed by atoms with Crippen LogP contribution in [-0.2, 0) is 9.31 Å². The lowest BCUT2D eigenvalue weighted by Gasteiger charge is -2.32. The minimum Gasteiger partial charge on any atom is -0.403 e. The number of rotatable bonds is 5. The summed E-state index contributed by atoms with van der Waals surface area (Å²) in [6.07, 6.45) is 0.352. The van der Waals surface area contributed by atoms with Gasteiger partial charge in [-0.3, -0.25) is 4.79 Å². The molecule has 0 spiro atoms. The van der Waals surface area contributed by atoms with Gasteiger partial charge in [-0.2, -0.15) is 0 Å². The second-order valence-electron chi connectivity index (χ2n) is 7.64. The van der Waals surface area contributed by atoms with E-state index in [9.17, 15) is 4.79 Å². The van der Waals surface area contributed by atoms with Gasteiger partial charge in [0.2, 0.25) is 0 Å². The Hall–Kier alpha value is -1.91. The van der Waals surface area contributed by atoms with E-state index in [1.165, 1.54) is 0 Å². The van der Waals surface area contributed by atoms with Crippen molar-refractivity contribution < 1.29 is 14.1 Å². The molecular formula is C21H25BO3. The Labute approximate surface area is 150 Å². The minimum absolute atomic E-state index is 0.101. The fraction of sp³-hybridized carbons (Fsp3) is 0.381. The highest BCUT2D eigenvalue weighted by molar-refractivity contribution is 6.48. The monoisotopic (exact) mass is 336 g/mol. The lowest BCUT2D eigenvalue weighted by Crippen LogP contribution is -2.41. The molecule has 1 heterocycles. The fourth-order valence-corrected chi connectivity index (χ4v) is 3.07. The Morgan fingerprint density at radius 2 is 1.36 bits per heavy atom. The first-order chi connectivity index (χ1) is 11.8. The van der Waals surface area contributed by atoms with Crippen LogP contribution in [0.2, 0.25) is 0 Å². The van der Waals surface area contributed by atoms with E-state index in [2.05, 4.69) is 0 Å². The molecule has 4 heteroatoms. The summed E-state index contributed by atoms with van der Waals surface area (Å²) >= 11 is 0. The maximum Gasteiger partial charge on any atom is 0.466 e. The summed E-state index contributed by atoms with van der Waals surface area (Å²) in [4.78, 5) is 12.8. The Morgan fingerprint density at radius 1 is 0.880 bits per heavy atom. The van der Waals surface area contributed by atoms with Crippen LogP contribution in [0.4, 0.5) is 0 Å². The first-order valence-electron chi connectivity index (χ1n) is 8.79. The van der Waals surface area contributed by atoms with Crippen LogP contribution in [0.3, 0.4) is 0 Å². The summed E-state index contributed by atoms with van der Waals surface area (Å²) in [6, 6.07) is 19.4. The first kappa shape index (κ1) is 17.9. The van der Waals surface area contributed by atoms with Gasteiger partial charge < -0.3 is 9.31 Å². The van der Waals surface area contributed by atoms with E-state index in [-0.39, 0.29) is 11.6 Å². The Bertz CT molecular complexity index is 709. The zero-order valence-electron chi connectivity index (χ0n) is 15.4. The molecule has 1 aliphatic heterocycles. The van der Waals surface area contributed by atoms with Crippen molar-refractivity contribution in [2.24, 2.45) is 0 Å². The molecule has 2 aromatic carbocycles. The van der Waals surface area contributed by atoms with Gasteiger partial charge in [-0.25, -0.2) is 0 Å². The van der Waals surface area contributed by atoms with Crippen molar-refractivity contribution in [1.82, 2.24) is 0 Å². The Kier molecular flexibility index (Phi) is 4.85. The SMILES string of the molecule is CC1(C)OB([C@@H](CC(=O)c2ccccc2)c2ccccc2)OC1(C)C. The van der Waals surface area contributed by atoms with E-state index in [1.807, 2.05) is 88.4 Å². The first-order valence-corrected chi connectivity index (χ1v) is 8.79. The van der Waals surface area contributed by atoms with Crippen molar-refractivity contribution in [3.05, 3.63) is 71.8 Å². The number of carbonyl (C=O) groups excluding carboxylic acids is 1. The number of ketones is 1. The maximum atomic E-state index is 12.8. The van der Waals surface area contributed by atoms with Crippen molar-refractivity contribution >= 4 is 12.9 Å². The fourth-order valence-electron chi connectivity index (χ4n) is 3.07. The molecule has 25 heavy (non-hydrogen) atoms. The van der Waals surface area contributed by atoms with Gasteiger partial charge in [0.15, 0.2) is 5.78 Å². The molecule has 0 saturated carbocycles. The average molecular weight is 336 g/mol. The molecule has 0 aromatic heterocycles. The van der Waals surface area contributed by atoms with Crippen molar-refractivity contribution in [2.75, 3.05) is 0 Å². The van der Waals surface area contributed by atoms with Crippen molar-refractivity contribution in [1.29, 1.82) is 0 Å². The molecule has 0 unspecified atom stereocenters. The molecule has 3 rings (SSSR count). The smallest absolute Gasteiger partial charge is 0.403 e. The van der Waals surface area contributed by atoms with Gasteiger partial charge >= 0.3 is 7.12 Å². The van der Waals surface area contributed by atoms with Crippen LogP contribution in [-0.4, -0.2) is 24.1 Å². The molecule has 1 saturated heterocycles. The molecule has 1 fully saturated rings. The number of hydrogen-bond acceptors (Lipinski definition) is 3. The molecule has 1 aliphatic rings. The Morgan fingerprint density at radius 3 is 1.88 bits per heavy atom. The zero-order valence-corrected chi connectivity index (χ0v) is 15.4. The van der Waals surface area contributed by atoms with Gasteiger partial charge in [-0.05, 0) is 33.3 Å². The lowest BCUT2D eigenvalue weighted by atomic mass is 9.65. The molecule has 3 nitrogen and oxygen atoms in total. The van der Waals surface area contributed by atoms with Crippen LogP contribution in [0, 0.1) is 0 Å². The summed E-state index contributed by atoms with van der Waals surface area (Å²) < 4.78 is 12.5. The molecule has 0 aliphatic carbocycles. The molecule has 130 valence electrons. The number of carbonyl (C=O) groups is 1. The average Bonchev–Trinajstić information content (AvgIpc) is 2.81. The third kappa shape index (κ3) is 3.70. The second kappa shape index (κ2) is 6.78. The molecule has 2 aromatic rings. The maximum absolute atomic E-state index is 12.8. The highest BCUT2D eigenvalue weighted by Crippen LogP contribution is 2.42. The van der Waals surface area contributed by atoms with E-state index >= 15 is 0 Å². The van der Waals surface area contributed by atoms with Gasteiger partial charge in [0.05, 0.1) is 11.2 Å².